The van der Waals surface area contributed by atoms with Crippen molar-refractivity contribution in [1.29, 1.82) is 0 Å². The molecule has 0 unspecified atom stereocenters. The Bertz CT molecular complexity index is 1830. The van der Waals surface area contributed by atoms with Crippen LogP contribution < -0.4 is 14.9 Å². The first-order chi connectivity index (χ1) is 20.9. The average Bonchev–Trinajstić information content (AvgIpc) is 3.43. The maximum atomic E-state index is 13.4. The summed E-state index contributed by atoms with van der Waals surface area (Å²) < 4.78 is 11.2. The van der Waals surface area contributed by atoms with E-state index in [9.17, 15) is 19.7 Å². The number of hydrazone groups is 1. The largest absolute Gasteiger partial charge is 0.490 e. The van der Waals surface area contributed by atoms with Crippen LogP contribution in [0.5, 0.6) is 11.5 Å². The van der Waals surface area contributed by atoms with E-state index in [0.717, 1.165) is 34.0 Å². The third-order valence-corrected chi connectivity index (χ3v) is 6.75. The fourth-order valence-corrected chi connectivity index (χ4v) is 4.70. The summed E-state index contributed by atoms with van der Waals surface area (Å²) >= 11 is 0. The van der Waals surface area contributed by atoms with Gasteiger partial charge in [-0.25, -0.2) is 10.2 Å². The van der Waals surface area contributed by atoms with Gasteiger partial charge in [0.25, 0.3) is 11.6 Å². The number of nitrogens with one attached hydrogen (secondary N) is 2. The zero-order chi connectivity index (χ0) is 30.3. The molecule has 0 aliphatic rings. The van der Waals surface area contributed by atoms with Crippen molar-refractivity contribution in [2.45, 2.75) is 20.3 Å². The van der Waals surface area contributed by atoms with Crippen LogP contribution in [0.15, 0.2) is 96.1 Å². The van der Waals surface area contributed by atoms with Gasteiger partial charge in [-0.3, -0.25) is 14.9 Å². The molecule has 5 rings (SSSR count). The Kier molecular flexibility index (Phi) is 8.57. The van der Waals surface area contributed by atoms with Crippen molar-refractivity contribution in [1.82, 2.24) is 10.4 Å². The molecule has 1 heterocycles. The number of esters is 1. The van der Waals surface area contributed by atoms with E-state index in [1.165, 1.54) is 30.5 Å². The standard InChI is InChI=1S/C33H28N4O6/c1-3-22-11-8-12-26-29(23-9-6-5-7-10-23)31(35-30(22)26)32(38)36-34-20-21-13-18-27(28(19-21)42-4-2)43-33(39)24-14-16-25(17-15-24)37(40)41/h5-20,35H,3-4H2,1-2H3,(H,36,38). The summed E-state index contributed by atoms with van der Waals surface area (Å²) in [6.45, 7) is 4.17. The van der Waals surface area contributed by atoms with E-state index in [0.29, 0.717) is 23.6 Å². The topological polar surface area (TPSA) is 136 Å². The molecule has 0 aliphatic heterocycles. The molecular weight excluding hydrogens is 548 g/mol. The number of nitro benzene ring substituents is 1. The van der Waals surface area contributed by atoms with Crippen LogP contribution in [0.25, 0.3) is 22.0 Å². The maximum absolute atomic E-state index is 13.4. The van der Waals surface area contributed by atoms with Gasteiger partial charge in [-0.2, -0.15) is 5.10 Å². The highest BCUT2D eigenvalue weighted by Crippen LogP contribution is 2.34. The second kappa shape index (κ2) is 12.8. The molecule has 10 heteroatoms. The third-order valence-electron chi connectivity index (χ3n) is 6.75. The Morgan fingerprint density at radius 2 is 1.72 bits per heavy atom. The minimum atomic E-state index is -0.691. The predicted octanol–water partition coefficient (Wildman–Crippen LogP) is 6.69. The minimum absolute atomic E-state index is 0.131. The van der Waals surface area contributed by atoms with Crippen LogP contribution in [-0.4, -0.2) is 34.6 Å². The van der Waals surface area contributed by atoms with E-state index >= 15 is 0 Å². The number of nitrogens with zero attached hydrogens (tertiary/aromatic N) is 2. The first-order valence-corrected chi connectivity index (χ1v) is 13.7. The number of benzene rings is 4. The molecular formula is C33H28N4O6. The Labute approximate surface area is 247 Å². The smallest absolute Gasteiger partial charge is 0.343 e. The summed E-state index contributed by atoms with van der Waals surface area (Å²) in [5.74, 6) is -0.624. The van der Waals surface area contributed by atoms with E-state index in [1.807, 2.05) is 48.5 Å². The molecule has 0 aliphatic carbocycles. The monoisotopic (exact) mass is 576 g/mol. The number of rotatable bonds is 10. The van der Waals surface area contributed by atoms with Gasteiger partial charge in [-0.1, -0.05) is 55.5 Å². The first-order valence-electron chi connectivity index (χ1n) is 13.7. The molecule has 2 N–H and O–H groups in total. The van der Waals surface area contributed by atoms with Crippen LogP contribution in [0, 0.1) is 10.1 Å². The molecule has 1 amide bonds. The quantitative estimate of drug-likeness (QED) is 0.0625. The fourth-order valence-electron chi connectivity index (χ4n) is 4.70. The van der Waals surface area contributed by atoms with E-state index in [-0.39, 0.29) is 17.0 Å². The van der Waals surface area contributed by atoms with Crippen molar-refractivity contribution in [3.8, 4) is 22.6 Å². The summed E-state index contributed by atoms with van der Waals surface area (Å²) in [5, 5.41) is 16.0. The lowest BCUT2D eigenvalue weighted by Crippen LogP contribution is -2.19. The second-order valence-electron chi connectivity index (χ2n) is 9.47. The minimum Gasteiger partial charge on any atom is -0.490 e. The van der Waals surface area contributed by atoms with E-state index in [2.05, 4.69) is 22.4 Å². The van der Waals surface area contributed by atoms with Crippen LogP contribution in [0.1, 0.15) is 45.8 Å². The second-order valence-corrected chi connectivity index (χ2v) is 9.47. The molecule has 10 nitrogen and oxygen atoms in total. The highest BCUT2D eigenvalue weighted by Gasteiger charge is 2.20. The van der Waals surface area contributed by atoms with Gasteiger partial charge < -0.3 is 14.5 Å². The van der Waals surface area contributed by atoms with Gasteiger partial charge in [-0.05, 0) is 60.4 Å². The van der Waals surface area contributed by atoms with Crippen LogP contribution >= 0.6 is 0 Å². The van der Waals surface area contributed by atoms with E-state index in [1.54, 1.807) is 25.1 Å². The van der Waals surface area contributed by atoms with Crippen LogP contribution in [0.2, 0.25) is 0 Å². The lowest BCUT2D eigenvalue weighted by molar-refractivity contribution is -0.384. The number of nitro groups is 1. The molecule has 0 saturated heterocycles. The van der Waals surface area contributed by atoms with Crippen molar-refractivity contribution in [3.05, 3.63) is 123 Å². The summed E-state index contributed by atoms with van der Waals surface area (Å²) in [4.78, 5) is 39.6. The Hall–Kier alpha value is -5.77. The Balaban J connectivity index is 1.35. The van der Waals surface area contributed by atoms with Gasteiger partial charge in [0.2, 0.25) is 0 Å². The number of carbonyl (C=O) groups excluding carboxylic acids is 2. The zero-order valence-electron chi connectivity index (χ0n) is 23.5. The van der Waals surface area contributed by atoms with Crippen LogP contribution in [0.3, 0.4) is 0 Å². The highest BCUT2D eigenvalue weighted by molar-refractivity contribution is 6.10. The number of ether oxygens (including phenoxy) is 2. The molecule has 0 atom stereocenters. The molecule has 0 spiro atoms. The van der Waals surface area contributed by atoms with E-state index < -0.39 is 16.8 Å². The number of non-ortho nitro benzene ring substituents is 1. The number of aromatic amines is 1. The molecule has 43 heavy (non-hydrogen) atoms. The predicted molar refractivity (Wildman–Crippen MR) is 164 cm³/mol. The summed E-state index contributed by atoms with van der Waals surface area (Å²) in [6, 6.07) is 25.7. The fraction of sp³-hybridized carbons (Fsp3) is 0.121. The number of amides is 1. The third kappa shape index (κ3) is 6.28. The molecule has 0 bridgehead atoms. The number of hydrogen-bond acceptors (Lipinski definition) is 7. The first kappa shape index (κ1) is 28.7. The summed E-state index contributed by atoms with van der Waals surface area (Å²) in [7, 11) is 0. The molecule has 0 fully saturated rings. The van der Waals surface area contributed by atoms with Crippen LogP contribution in [-0.2, 0) is 6.42 Å². The summed E-state index contributed by atoms with van der Waals surface area (Å²) in [5.41, 5.74) is 7.37. The van der Waals surface area contributed by atoms with Crippen molar-refractivity contribution in [3.63, 3.8) is 0 Å². The van der Waals surface area contributed by atoms with Crippen LogP contribution in [0.4, 0.5) is 5.69 Å². The normalized spacial score (nSPS) is 11.0. The Morgan fingerprint density at radius 3 is 2.42 bits per heavy atom. The van der Waals surface area contributed by atoms with Gasteiger partial charge in [-0.15, -0.1) is 0 Å². The van der Waals surface area contributed by atoms with Gasteiger partial charge >= 0.3 is 5.97 Å². The van der Waals surface area contributed by atoms with Crippen molar-refractivity contribution in [2.75, 3.05) is 6.61 Å². The van der Waals surface area contributed by atoms with Crippen molar-refractivity contribution >= 4 is 34.7 Å². The lowest BCUT2D eigenvalue weighted by atomic mass is 10.00. The lowest BCUT2D eigenvalue weighted by Gasteiger charge is -2.11. The zero-order valence-corrected chi connectivity index (χ0v) is 23.5. The molecule has 4 aromatic carbocycles. The van der Waals surface area contributed by atoms with Gasteiger partial charge in [0.1, 0.15) is 5.69 Å². The van der Waals surface area contributed by atoms with Crippen molar-refractivity contribution in [2.24, 2.45) is 5.10 Å². The number of fused-ring (bicyclic) bond motifs is 1. The number of H-pyrrole nitrogens is 1. The number of aryl methyl sites for hydroxylation is 1. The SMILES string of the molecule is CCOc1cc(C=NNC(=O)c2[nH]c3c(CC)cccc3c2-c2ccccc2)ccc1OC(=O)c1ccc([N+](=O)[O-])cc1. The molecule has 5 aromatic rings. The van der Waals surface area contributed by atoms with Gasteiger partial charge in [0.15, 0.2) is 11.5 Å². The molecule has 0 radical (unpaired) electrons. The van der Waals surface area contributed by atoms with Crippen molar-refractivity contribution < 1.29 is 24.0 Å². The number of carbonyl (C=O) groups is 2. The van der Waals surface area contributed by atoms with E-state index in [4.69, 9.17) is 9.47 Å². The highest BCUT2D eigenvalue weighted by atomic mass is 16.6. The molecule has 1 aromatic heterocycles. The number of para-hydroxylation sites is 1. The molecule has 0 saturated carbocycles. The van der Waals surface area contributed by atoms with Gasteiger partial charge in [0, 0.05) is 28.6 Å². The number of hydrogen-bond donors (Lipinski definition) is 2. The maximum Gasteiger partial charge on any atom is 0.343 e. The average molecular weight is 577 g/mol. The number of aromatic nitrogens is 1. The summed E-state index contributed by atoms with van der Waals surface area (Å²) in [6.07, 6.45) is 2.28. The molecule has 216 valence electrons. The van der Waals surface area contributed by atoms with Gasteiger partial charge in [0.05, 0.1) is 23.3 Å². The Morgan fingerprint density at radius 1 is 0.953 bits per heavy atom.